The third-order valence-electron chi connectivity index (χ3n) is 4.39. The summed E-state index contributed by atoms with van der Waals surface area (Å²) in [4.78, 5) is 26.9. The molecule has 0 amide bonds. The van der Waals surface area contributed by atoms with E-state index in [1.165, 1.54) is 6.08 Å². The van der Waals surface area contributed by atoms with Crippen LogP contribution in [0.5, 0.6) is 5.88 Å². The predicted molar refractivity (Wildman–Crippen MR) is 113 cm³/mol. The summed E-state index contributed by atoms with van der Waals surface area (Å²) in [6.07, 6.45) is 2.60. The highest BCUT2D eigenvalue weighted by atomic mass is 79.9. The number of Topliss-reactive ketones (excluding diaryl/α,β-unsaturated/α-hetero) is 1. The van der Waals surface area contributed by atoms with Crippen LogP contribution in [0.1, 0.15) is 41.4 Å². The van der Waals surface area contributed by atoms with Gasteiger partial charge in [0.15, 0.2) is 5.78 Å². The largest absolute Gasteiger partial charge is 0.494 e. The molecule has 2 N–H and O–H groups in total. The molecule has 0 aliphatic heterocycles. The zero-order valence-electron chi connectivity index (χ0n) is 15.6. The van der Waals surface area contributed by atoms with Crippen LogP contribution in [-0.2, 0) is 0 Å². The predicted octanol–water partition coefficient (Wildman–Crippen LogP) is 3.20. The molecule has 0 bridgehead atoms. The Balaban J connectivity index is 2.13. The number of pyridine rings is 1. The molecule has 3 rings (SSSR count). The average Bonchev–Trinajstić information content (AvgIpc) is 3.14. The number of nitrogens with zero attached hydrogens (tertiary/aromatic N) is 1. The average molecular weight is 453 g/mol. The molecule has 7 heteroatoms. The maximum absolute atomic E-state index is 12.5. The molecule has 0 aliphatic carbocycles. The number of furan rings is 1. The van der Waals surface area contributed by atoms with E-state index in [4.69, 9.17) is 9.68 Å². The van der Waals surface area contributed by atoms with Crippen LogP contribution < -0.4 is 16.0 Å². The number of hydrogen-bond acceptors (Lipinski definition) is 5. The second-order valence-corrected chi connectivity index (χ2v) is 7.31. The molecule has 0 radical (unpaired) electrons. The molecule has 6 nitrogen and oxygen atoms in total. The topological polar surface area (TPSA) is 107 Å². The number of hydrogen-bond donors (Lipinski definition) is 2. The van der Waals surface area contributed by atoms with E-state index >= 15 is 0 Å². The van der Waals surface area contributed by atoms with Gasteiger partial charge in [0, 0.05) is 27.2 Å². The monoisotopic (exact) mass is 452 g/mol. The van der Waals surface area contributed by atoms with Crippen molar-refractivity contribution in [3.8, 4) is 23.3 Å². The van der Waals surface area contributed by atoms with Gasteiger partial charge in [-0.05, 0) is 42.8 Å². The molecule has 0 saturated heterocycles. The standard InChI is InChI=1S/C22H17BrN2O4/c1-3-4-19(26)17-9-13(23)5-7-15(17)20-8-6-14(29-20)10-16-12(2)18(11-24)22(28)25-21(16)27/h5-10,28H,2-4H2,1H3,(H,25,27). The van der Waals surface area contributed by atoms with E-state index in [0.29, 0.717) is 29.1 Å². The Bertz CT molecular complexity index is 1310. The lowest BCUT2D eigenvalue weighted by molar-refractivity contribution is 0.0982. The van der Waals surface area contributed by atoms with Gasteiger partial charge in [-0.1, -0.05) is 29.4 Å². The fraction of sp³-hybridized carbons (Fsp3) is 0.136. The first-order valence-corrected chi connectivity index (χ1v) is 9.64. The Morgan fingerprint density at radius 3 is 2.83 bits per heavy atom. The van der Waals surface area contributed by atoms with E-state index in [1.807, 2.05) is 19.1 Å². The normalized spacial score (nSPS) is 11.4. The zero-order valence-corrected chi connectivity index (χ0v) is 17.2. The van der Waals surface area contributed by atoms with Gasteiger partial charge in [-0.2, -0.15) is 5.26 Å². The van der Waals surface area contributed by atoms with Crippen LogP contribution in [-0.4, -0.2) is 15.9 Å². The van der Waals surface area contributed by atoms with Crippen molar-refractivity contribution in [3.05, 3.63) is 72.5 Å². The van der Waals surface area contributed by atoms with Gasteiger partial charge in [0.1, 0.15) is 23.2 Å². The van der Waals surface area contributed by atoms with Crippen molar-refractivity contribution < 1.29 is 14.3 Å². The number of H-pyrrole nitrogens is 1. The summed E-state index contributed by atoms with van der Waals surface area (Å²) in [6.45, 7) is 5.66. The number of nitriles is 1. The molecule has 1 aromatic carbocycles. The van der Waals surface area contributed by atoms with Gasteiger partial charge in [0.25, 0.3) is 5.56 Å². The van der Waals surface area contributed by atoms with Gasteiger partial charge in [-0.3, -0.25) is 14.6 Å². The van der Waals surface area contributed by atoms with Crippen molar-refractivity contribution in [1.82, 2.24) is 4.98 Å². The number of aromatic hydroxyl groups is 1. The van der Waals surface area contributed by atoms with Crippen LogP contribution in [0.4, 0.5) is 0 Å². The van der Waals surface area contributed by atoms with Crippen molar-refractivity contribution in [3.63, 3.8) is 0 Å². The SMILES string of the molecule is C=c1c(C#N)c(O)[nH]c(=O)c1=Cc1ccc(-c2ccc(Br)cc2C(=O)CCC)o1. The summed E-state index contributed by atoms with van der Waals surface area (Å²) in [7, 11) is 0. The fourth-order valence-electron chi connectivity index (χ4n) is 2.97. The molecular weight excluding hydrogens is 436 g/mol. The molecule has 2 heterocycles. The molecule has 29 heavy (non-hydrogen) atoms. The molecule has 0 atom stereocenters. The summed E-state index contributed by atoms with van der Waals surface area (Å²) in [6, 6.07) is 10.6. The van der Waals surface area contributed by atoms with Crippen LogP contribution in [0, 0.1) is 11.3 Å². The molecule has 3 aromatic rings. The van der Waals surface area contributed by atoms with E-state index in [9.17, 15) is 14.7 Å². The summed E-state index contributed by atoms with van der Waals surface area (Å²) >= 11 is 3.39. The fourth-order valence-corrected chi connectivity index (χ4v) is 3.33. The van der Waals surface area contributed by atoms with Gasteiger partial charge < -0.3 is 9.52 Å². The number of carbonyl (C=O) groups is 1. The summed E-state index contributed by atoms with van der Waals surface area (Å²) in [5.74, 6) is 0.319. The van der Waals surface area contributed by atoms with Crippen LogP contribution >= 0.6 is 15.9 Å². The minimum atomic E-state index is -0.591. The smallest absolute Gasteiger partial charge is 0.258 e. The van der Waals surface area contributed by atoms with Crippen molar-refractivity contribution in [1.29, 1.82) is 5.26 Å². The Morgan fingerprint density at radius 1 is 1.38 bits per heavy atom. The number of aromatic amines is 1. The quantitative estimate of drug-likeness (QED) is 0.577. The van der Waals surface area contributed by atoms with Crippen molar-refractivity contribution in [2.24, 2.45) is 0 Å². The summed E-state index contributed by atoms with van der Waals surface area (Å²) < 4.78 is 6.64. The van der Waals surface area contributed by atoms with E-state index in [1.54, 1.807) is 24.3 Å². The van der Waals surface area contributed by atoms with Gasteiger partial charge in [0.2, 0.25) is 5.88 Å². The Morgan fingerprint density at radius 2 is 2.14 bits per heavy atom. The van der Waals surface area contributed by atoms with Crippen LogP contribution in [0.25, 0.3) is 24.0 Å². The van der Waals surface area contributed by atoms with E-state index in [2.05, 4.69) is 27.5 Å². The highest BCUT2D eigenvalue weighted by Gasteiger charge is 2.15. The number of halogens is 1. The number of aromatic nitrogens is 1. The van der Waals surface area contributed by atoms with Crippen LogP contribution in [0.2, 0.25) is 0 Å². The van der Waals surface area contributed by atoms with E-state index < -0.39 is 11.4 Å². The third-order valence-corrected chi connectivity index (χ3v) is 4.88. The number of rotatable bonds is 5. The number of carbonyl (C=O) groups excluding carboxylic acids is 1. The Hall–Kier alpha value is -3.37. The number of nitrogens with one attached hydrogen (secondary N) is 1. The van der Waals surface area contributed by atoms with E-state index in [0.717, 1.165) is 10.9 Å². The second kappa shape index (κ2) is 8.33. The lowest BCUT2D eigenvalue weighted by Gasteiger charge is -2.07. The first kappa shape index (κ1) is 20.4. The van der Waals surface area contributed by atoms with E-state index in [-0.39, 0.29) is 21.8 Å². The highest BCUT2D eigenvalue weighted by Crippen LogP contribution is 2.29. The molecule has 2 aromatic heterocycles. The molecule has 0 spiro atoms. The van der Waals surface area contributed by atoms with Gasteiger partial charge >= 0.3 is 0 Å². The van der Waals surface area contributed by atoms with Crippen molar-refractivity contribution in [2.75, 3.05) is 0 Å². The minimum Gasteiger partial charge on any atom is -0.494 e. The second-order valence-electron chi connectivity index (χ2n) is 6.39. The summed E-state index contributed by atoms with van der Waals surface area (Å²) in [5, 5.41) is 19.0. The van der Waals surface area contributed by atoms with Gasteiger partial charge in [0.05, 0.1) is 5.22 Å². The molecule has 0 saturated carbocycles. The number of benzene rings is 1. The van der Waals surface area contributed by atoms with Crippen LogP contribution in [0.3, 0.4) is 0 Å². The van der Waals surface area contributed by atoms with Crippen molar-refractivity contribution >= 4 is 34.4 Å². The minimum absolute atomic E-state index is 0.0133. The van der Waals surface area contributed by atoms with Gasteiger partial charge in [-0.15, -0.1) is 0 Å². The Kier molecular flexibility index (Phi) is 5.85. The Labute approximate surface area is 174 Å². The first-order chi connectivity index (χ1) is 13.8. The summed E-state index contributed by atoms with van der Waals surface area (Å²) in [5.41, 5.74) is 0.502. The van der Waals surface area contributed by atoms with Crippen LogP contribution in [0.15, 0.2) is 44.0 Å². The molecule has 0 fully saturated rings. The van der Waals surface area contributed by atoms with Gasteiger partial charge in [-0.25, -0.2) is 0 Å². The maximum Gasteiger partial charge on any atom is 0.258 e. The number of ketones is 1. The maximum atomic E-state index is 12.5. The third kappa shape index (κ3) is 4.08. The lowest BCUT2D eigenvalue weighted by Crippen LogP contribution is -2.41. The molecule has 0 aliphatic rings. The zero-order chi connectivity index (χ0) is 21.1. The molecular formula is C22H17BrN2O4. The highest BCUT2D eigenvalue weighted by molar-refractivity contribution is 9.10. The van der Waals surface area contributed by atoms with Crippen molar-refractivity contribution in [2.45, 2.75) is 19.8 Å². The molecule has 0 unspecified atom stereocenters. The molecule has 146 valence electrons. The lowest BCUT2D eigenvalue weighted by atomic mass is 9.99. The first-order valence-electron chi connectivity index (χ1n) is 8.84.